The first kappa shape index (κ1) is 17.4. The lowest BCUT2D eigenvalue weighted by Gasteiger charge is -2.27. The molecule has 7 heteroatoms. The molecule has 0 radical (unpaired) electrons. The minimum atomic E-state index is -0.553. The third kappa shape index (κ3) is 2.70. The summed E-state index contributed by atoms with van der Waals surface area (Å²) >= 11 is 3.08. The van der Waals surface area contributed by atoms with Crippen molar-refractivity contribution in [1.29, 1.82) is 0 Å². The van der Waals surface area contributed by atoms with E-state index in [1.165, 1.54) is 11.3 Å². The van der Waals surface area contributed by atoms with Crippen LogP contribution in [0.4, 0.5) is 0 Å². The van der Waals surface area contributed by atoms with Gasteiger partial charge >= 0.3 is 0 Å². The number of rotatable bonds is 4. The third-order valence-electron chi connectivity index (χ3n) is 5.42. The van der Waals surface area contributed by atoms with Crippen LogP contribution in [-0.2, 0) is 4.79 Å². The number of likely N-dealkylation sites (tertiary alicyclic amines) is 2. The van der Waals surface area contributed by atoms with Crippen LogP contribution in [0.3, 0.4) is 0 Å². The van der Waals surface area contributed by atoms with Crippen molar-refractivity contribution >= 4 is 34.5 Å². The normalized spacial score (nSPS) is 25.4. The first-order valence-electron chi connectivity index (χ1n) is 8.70. The molecule has 2 aromatic rings. The minimum absolute atomic E-state index is 0.0245. The molecule has 2 aromatic heterocycles. The van der Waals surface area contributed by atoms with E-state index in [1.54, 1.807) is 23.6 Å². The summed E-state index contributed by atoms with van der Waals surface area (Å²) in [5.41, 5.74) is -0.553. The van der Waals surface area contributed by atoms with Gasteiger partial charge in [0.15, 0.2) is 0 Å². The van der Waals surface area contributed by atoms with Crippen molar-refractivity contribution in [3.05, 3.63) is 51.1 Å². The van der Waals surface area contributed by atoms with Gasteiger partial charge in [0.25, 0.3) is 5.91 Å². The van der Waals surface area contributed by atoms with Gasteiger partial charge in [-0.05, 0) is 25.5 Å². The van der Waals surface area contributed by atoms with Gasteiger partial charge < -0.3 is 9.80 Å². The summed E-state index contributed by atoms with van der Waals surface area (Å²) in [7, 11) is 0. The summed E-state index contributed by atoms with van der Waals surface area (Å²) in [5.74, 6) is 0.126. The molecule has 0 saturated carbocycles. The summed E-state index contributed by atoms with van der Waals surface area (Å²) in [5, 5.41) is 2.90. The van der Waals surface area contributed by atoms with Crippen LogP contribution in [-0.4, -0.2) is 52.8 Å². The predicted octanol–water partition coefficient (Wildman–Crippen LogP) is 3.16. The average molecular weight is 388 g/mol. The van der Waals surface area contributed by atoms with Gasteiger partial charge in [-0.3, -0.25) is 9.59 Å². The third-order valence-corrected chi connectivity index (χ3v) is 7.30. The van der Waals surface area contributed by atoms with Gasteiger partial charge in [-0.25, -0.2) is 4.98 Å². The Labute approximate surface area is 161 Å². The molecular weight excluding hydrogens is 366 g/mol. The Morgan fingerprint density at radius 3 is 3.00 bits per heavy atom. The lowest BCUT2D eigenvalue weighted by Crippen LogP contribution is -2.40. The molecule has 0 aromatic carbocycles. The second-order valence-electron chi connectivity index (χ2n) is 6.96. The summed E-state index contributed by atoms with van der Waals surface area (Å²) < 4.78 is 0. The smallest absolute Gasteiger partial charge is 0.263 e. The van der Waals surface area contributed by atoms with Crippen molar-refractivity contribution in [1.82, 2.24) is 14.8 Å². The van der Waals surface area contributed by atoms with Crippen LogP contribution >= 0.6 is 22.7 Å². The average Bonchev–Trinajstić information content (AvgIpc) is 3.39. The number of carbonyl (C=O) groups excluding carboxylic acids is 2. The SMILES string of the molecule is C=CCN1CC[C@]2(CN(C(=O)c3ccc(C)s3)C[C@H]2c2nccs2)C1=O. The number of aromatic nitrogens is 1. The molecule has 0 aliphatic carbocycles. The highest BCUT2D eigenvalue weighted by Gasteiger charge is 2.58. The molecule has 2 amide bonds. The topological polar surface area (TPSA) is 53.5 Å². The first-order chi connectivity index (χ1) is 12.5. The number of hydrogen-bond acceptors (Lipinski definition) is 5. The molecule has 0 bridgehead atoms. The molecule has 5 nitrogen and oxygen atoms in total. The molecular formula is C19H21N3O2S2. The zero-order valence-electron chi connectivity index (χ0n) is 14.7. The van der Waals surface area contributed by atoms with Crippen LogP contribution in [0.2, 0.25) is 0 Å². The first-order valence-corrected chi connectivity index (χ1v) is 10.4. The van der Waals surface area contributed by atoms with Gasteiger partial charge in [-0.1, -0.05) is 6.08 Å². The van der Waals surface area contributed by atoms with E-state index < -0.39 is 5.41 Å². The zero-order valence-corrected chi connectivity index (χ0v) is 16.3. The number of nitrogens with zero attached hydrogens (tertiary/aromatic N) is 3. The fourth-order valence-corrected chi connectivity index (χ4v) is 5.83. The van der Waals surface area contributed by atoms with E-state index in [-0.39, 0.29) is 17.7 Å². The number of aryl methyl sites for hydroxylation is 1. The van der Waals surface area contributed by atoms with Crippen molar-refractivity contribution in [3.63, 3.8) is 0 Å². The minimum Gasteiger partial charge on any atom is -0.338 e. The van der Waals surface area contributed by atoms with Crippen LogP contribution < -0.4 is 0 Å². The number of carbonyl (C=O) groups is 2. The Balaban J connectivity index is 1.67. The molecule has 2 aliphatic heterocycles. The van der Waals surface area contributed by atoms with Gasteiger partial charge in [0.05, 0.1) is 15.3 Å². The summed E-state index contributed by atoms with van der Waals surface area (Å²) in [6.07, 6.45) is 4.31. The van der Waals surface area contributed by atoms with Crippen molar-refractivity contribution in [2.45, 2.75) is 19.3 Å². The Morgan fingerprint density at radius 2 is 2.35 bits per heavy atom. The highest BCUT2D eigenvalue weighted by molar-refractivity contribution is 7.13. The summed E-state index contributed by atoms with van der Waals surface area (Å²) in [4.78, 5) is 36.3. The van der Waals surface area contributed by atoms with Crippen molar-refractivity contribution in [3.8, 4) is 0 Å². The van der Waals surface area contributed by atoms with Crippen molar-refractivity contribution < 1.29 is 9.59 Å². The Bertz CT molecular complexity index is 845. The zero-order chi connectivity index (χ0) is 18.3. The number of thiazole rings is 1. The molecule has 4 rings (SSSR count). The standard InChI is InChI=1S/C19H21N3O2S2/c1-3-8-21-9-6-19(18(21)24)12-22(11-14(19)16-20-7-10-25-16)17(23)15-5-4-13(2)26-15/h3-5,7,10,14H,1,6,8-9,11-12H2,2H3/t14-,19+/m0/s1. The predicted molar refractivity (Wildman–Crippen MR) is 104 cm³/mol. The Hall–Kier alpha value is -1.99. The summed E-state index contributed by atoms with van der Waals surface area (Å²) in [6.45, 7) is 8.06. The number of amides is 2. The van der Waals surface area contributed by atoms with Crippen LogP contribution in [0, 0.1) is 12.3 Å². The maximum Gasteiger partial charge on any atom is 0.263 e. The fourth-order valence-electron chi connectivity index (χ4n) is 4.15. The van der Waals surface area contributed by atoms with Gasteiger partial charge in [0.2, 0.25) is 5.91 Å². The van der Waals surface area contributed by atoms with Gasteiger partial charge in [-0.2, -0.15) is 0 Å². The lowest BCUT2D eigenvalue weighted by molar-refractivity contribution is -0.135. The molecule has 2 aliphatic rings. The molecule has 1 spiro atoms. The fraction of sp³-hybridized carbons (Fsp3) is 0.421. The molecule has 0 unspecified atom stereocenters. The molecule has 4 heterocycles. The second-order valence-corrected chi connectivity index (χ2v) is 9.18. The maximum atomic E-state index is 13.3. The Kier molecular flexibility index (Phi) is 4.44. The van der Waals surface area contributed by atoms with Gasteiger partial charge in [0.1, 0.15) is 0 Å². The van der Waals surface area contributed by atoms with Crippen LogP contribution in [0.5, 0.6) is 0 Å². The highest BCUT2D eigenvalue weighted by Crippen LogP contribution is 2.50. The van der Waals surface area contributed by atoms with E-state index in [2.05, 4.69) is 11.6 Å². The lowest BCUT2D eigenvalue weighted by atomic mass is 9.77. The molecule has 26 heavy (non-hydrogen) atoms. The van der Waals surface area contributed by atoms with Crippen molar-refractivity contribution in [2.24, 2.45) is 5.41 Å². The molecule has 2 fully saturated rings. The van der Waals surface area contributed by atoms with E-state index in [4.69, 9.17) is 0 Å². The quantitative estimate of drug-likeness (QED) is 0.758. The largest absolute Gasteiger partial charge is 0.338 e. The van der Waals surface area contributed by atoms with E-state index in [9.17, 15) is 9.59 Å². The van der Waals surface area contributed by atoms with E-state index in [0.717, 1.165) is 21.2 Å². The maximum absolute atomic E-state index is 13.3. The van der Waals surface area contributed by atoms with Crippen molar-refractivity contribution in [2.75, 3.05) is 26.2 Å². The molecule has 0 N–H and O–H groups in total. The van der Waals surface area contributed by atoms with Gasteiger partial charge in [-0.15, -0.1) is 29.3 Å². The molecule has 2 saturated heterocycles. The monoisotopic (exact) mass is 387 g/mol. The van der Waals surface area contributed by atoms with Gasteiger partial charge in [0, 0.05) is 48.6 Å². The number of hydrogen-bond donors (Lipinski definition) is 0. The van der Waals surface area contributed by atoms with Crippen LogP contribution in [0.1, 0.15) is 31.9 Å². The molecule has 2 atom stereocenters. The Morgan fingerprint density at radius 1 is 1.50 bits per heavy atom. The van der Waals surface area contributed by atoms with Crippen LogP contribution in [0.15, 0.2) is 36.4 Å². The highest BCUT2D eigenvalue weighted by atomic mass is 32.1. The van der Waals surface area contributed by atoms with E-state index in [1.807, 2.05) is 34.2 Å². The second kappa shape index (κ2) is 6.63. The molecule has 136 valence electrons. The van der Waals surface area contributed by atoms with E-state index >= 15 is 0 Å². The van der Waals surface area contributed by atoms with Crippen LogP contribution in [0.25, 0.3) is 0 Å². The number of thiophene rings is 1. The van der Waals surface area contributed by atoms with E-state index in [0.29, 0.717) is 26.2 Å². The summed E-state index contributed by atoms with van der Waals surface area (Å²) in [6, 6.07) is 3.85.